The highest BCUT2D eigenvalue weighted by Crippen LogP contribution is 2.31. The number of nitrogens with one attached hydrogen (secondary N) is 2. The number of aliphatic hydroxyl groups excluding tert-OH is 2. The summed E-state index contributed by atoms with van der Waals surface area (Å²) in [5.74, 6) is 1.39. The number of amides is 2. The average molecular weight is 487 g/mol. The summed E-state index contributed by atoms with van der Waals surface area (Å²) in [5.41, 5.74) is 0.205. The first-order valence-electron chi connectivity index (χ1n) is 13.1. The van der Waals surface area contributed by atoms with Crippen LogP contribution in [-0.2, 0) is 9.59 Å². The largest absolute Gasteiger partial charge is 0.395 e. The highest BCUT2D eigenvalue weighted by atomic mass is 16.3. The van der Waals surface area contributed by atoms with Gasteiger partial charge in [-0.3, -0.25) is 14.5 Å². The Balaban J connectivity index is 4.69. The van der Waals surface area contributed by atoms with Gasteiger partial charge in [-0.25, -0.2) is 0 Å². The van der Waals surface area contributed by atoms with Gasteiger partial charge in [0.2, 0.25) is 11.8 Å². The van der Waals surface area contributed by atoms with Gasteiger partial charge in [-0.05, 0) is 42.7 Å². The lowest BCUT2D eigenvalue weighted by Gasteiger charge is -2.32. The minimum absolute atomic E-state index is 0.0373. The van der Waals surface area contributed by atoms with Crippen molar-refractivity contribution in [3.05, 3.63) is 0 Å². The Morgan fingerprint density at radius 3 is 1.59 bits per heavy atom. The third-order valence-electron chi connectivity index (χ3n) is 6.64. The van der Waals surface area contributed by atoms with Crippen molar-refractivity contribution < 1.29 is 19.8 Å². The van der Waals surface area contributed by atoms with Gasteiger partial charge in [-0.2, -0.15) is 0 Å². The van der Waals surface area contributed by atoms with E-state index in [2.05, 4.69) is 64.0 Å². The lowest BCUT2D eigenvalue weighted by atomic mass is 9.75. The smallest absolute Gasteiger partial charge is 0.221 e. The molecule has 202 valence electrons. The summed E-state index contributed by atoms with van der Waals surface area (Å²) in [6, 6.07) is 0. The molecule has 0 bridgehead atoms. The summed E-state index contributed by atoms with van der Waals surface area (Å²) >= 11 is 0. The van der Waals surface area contributed by atoms with Crippen LogP contribution in [0.25, 0.3) is 0 Å². The second kappa shape index (κ2) is 18.1. The maximum Gasteiger partial charge on any atom is 0.221 e. The monoisotopic (exact) mass is 486 g/mol. The van der Waals surface area contributed by atoms with Crippen molar-refractivity contribution in [3.63, 3.8) is 0 Å². The number of rotatable bonds is 19. The van der Waals surface area contributed by atoms with Crippen molar-refractivity contribution in [2.45, 2.75) is 67.7 Å². The van der Waals surface area contributed by atoms with Crippen LogP contribution in [0.15, 0.2) is 0 Å². The van der Waals surface area contributed by atoms with Crippen molar-refractivity contribution in [3.8, 4) is 0 Å². The molecule has 8 nitrogen and oxygen atoms in total. The molecule has 0 saturated heterocycles. The Kier molecular flexibility index (Phi) is 17.5. The molecule has 0 fully saturated rings. The molecule has 34 heavy (non-hydrogen) atoms. The molecule has 0 aromatic carbocycles. The third kappa shape index (κ3) is 16.4. The third-order valence-corrected chi connectivity index (χ3v) is 6.64. The zero-order chi connectivity index (χ0) is 26.1. The standard InChI is InChI=1S/C26H54N4O4/c1-21(2)19-27-24(33)9-13-29(11-8-12-30(15-17-31)16-18-32)14-10-25(34)28-20-22(3)23(4)26(5,6)7/h21-23,31-32H,8-20H2,1-7H3,(H,27,33)(H,28,34). The fourth-order valence-corrected chi connectivity index (χ4v) is 3.79. The molecule has 0 saturated carbocycles. The predicted molar refractivity (Wildman–Crippen MR) is 140 cm³/mol. The van der Waals surface area contributed by atoms with Crippen LogP contribution < -0.4 is 10.6 Å². The second-order valence-corrected chi connectivity index (χ2v) is 11.1. The Bertz CT molecular complexity index is 545. The summed E-state index contributed by atoms with van der Waals surface area (Å²) in [7, 11) is 0. The Hall–Kier alpha value is -1.22. The molecule has 2 amide bonds. The van der Waals surface area contributed by atoms with Crippen LogP contribution in [0.2, 0.25) is 0 Å². The van der Waals surface area contributed by atoms with E-state index in [9.17, 15) is 19.8 Å². The number of carbonyl (C=O) groups excluding carboxylic acids is 2. The van der Waals surface area contributed by atoms with Gasteiger partial charge in [0.25, 0.3) is 0 Å². The lowest BCUT2D eigenvalue weighted by molar-refractivity contribution is -0.121. The van der Waals surface area contributed by atoms with Crippen molar-refractivity contribution in [1.82, 2.24) is 20.4 Å². The summed E-state index contributed by atoms with van der Waals surface area (Å²) in [6.07, 6.45) is 1.65. The van der Waals surface area contributed by atoms with Crippen molar-refractivity contribution in [1.29, 1.82) is 0 Å². The van der Waals surface area contributed by atoms with Crippen molar-refractivity contribution in [2.24, 2.45) is 23.2 Å². The van der Waals surface area contributed by atoms with Crippen LogP contribution in [0.4, 0.5) is 0 Å². The van der Waals surface area contributed by atoms with Gasteiger partial charge in [-0.15, -0.1) is 0 Å². The molecule has 0 spiro atoms. The Labute approximate surface area is 208 Å². The van der Waals surface area contributed by atoms with Crippen LogP contribution in [0.1, 0.15) is 67.7 Å². The minimum Gasteiger partial charge on any atom is -0.395 e. The van der Waals surface area contributed by atoms with E-state index < -0.39 is 0 Å². The number of carbonyl (C=O) groups is 2. The molecular formula is C26H54N4O4. The molecule has 0 aliphatic rings. The first-order chi connectivity index (χ1) is 15.9. The number of aliphatic hydroxyl groups is 2. The molecule has 8 heteroatoms. The maximum atomic E-state index is 12.5. The molecule has 2 atom stereocenters. The Morgan fingerprint density at radius 2 is 1.18 bits per heavy atom. The molecule has 0 aromatic rings. The fourth-order valence-electron chi connectivity index (χ4n) is 3.79. The van der Waals surface area contributed by atoms with Gasteiger partial charge in [0.15, 0.2) is 0 Å². The number of nitrogens with zero attached hydrogens (tertiary/aromatic N) is 2. The molecule has 0 heterocycles. The van der Waals surface area contributed by atoms with E-state index in [-0.39, 0.29) is 30.4 Å². The number of hydrogen-bond donors (Lipinski definition) is 4. The van der Waals surface area contributed by atoms with Gasteiger partial charge in [0.05, 0.1) is 13.2 Å². The first kappa shape index (κ1) is 32.8. The van der Waals surface area contributed by atoms with Gasteiger partial charge < -0.3 is 25.7 Å². The van der Waals surface area contributed by atoms with E-state index in [0.717, 1.165) is 19.5 Å². The molecule has 0 radical (unpaired) electrons. The normalized spacial score (nSPS) is 14.0. The highest BCUT2D eigenvalue weighted by Gasteiger charge is 2.25. The lowest BCUT2D eigenvalue weighted by Crippen LogP contribution is -2.38. The molecule has 0 aliphatic heterocycles. The second-order valence-electron chi connectivity index (χ2n) is 11.1. The summed E-state index contributed by atoms with van der Waals surface area (Å²) < 4.78 is 0. The van der Waals surface area contributed by atoms with Crippen LogP contribution in [0.5, 0.6) is 0 Å². The molecule has 4 N–H and O–H groups in total. The molecule has 0 aromatic heterocycles. The quantitative estimate of drug-likeness (QED) is 0.222. The topological polar surface area (TPSA) is 105 Å². The molecule has 0 aliphatic carbocycles. The van der Waals surface area contributed by atoms with Gasteiger partial charge in [0, 0.05) is 52.1 Å². The van der Waals surface area contributed by atoms with Crippen LogP contribution >= 0.6 is 0 Å². The van der Waals surface area contributed by atoms with E-state index in [4.69, 9.17) is 0 Å². The van der Waals surface area contributed by atoms with Crippen molar-refractivity contribution in [2.75, 3.05) is 65.6 Å². The summed E-state index contributed by atoms with van der Waals surface area (Å²) in [5, 5.41) is 24.4. The fraction of sp³-hybridized carbons (Fsp3) is 0.923. The molecule has 0 rings (SSSR count). The van der Waals surface area contributed by atoms with Crippen molar-refractivity contribution >= 4 is 11.8 Å². The van der Waals surface area contributed by atoms with Crippen LogP contribution in [-0.4, -0.2) is 97.4 Å². The van der Waals surface area contributed by atoms with E-state index in [1.807, 2.05) is 4.90 Å². The van der Waals surface area contributed by atoms with E-state index in [1.165, 1.54) is 0 Å². The highest BCUT2D eigenvalue weighted by molar-refractivity contribution is 5.76. The SMILES string of the molecule is CC(C)CNC(=O)CCN(CCCN(CCO)CCO)CCC(=O)NCC(C)C(C)C(C)(C)C. The minimum atomic E-state index is 0.0373. The van der Waals surface area contributed by atoms with Crippen LogP contribution in [0.3, 0.4) is 0 Å². The summed E-state index contributed by atoms with van der Waals surface area (Å²) in [4.78, 5) is 28.9. The van der Waals surface area contributed by atoms with Gasteiger partial charge in [0.1, 0.15) is 0 Å². The Morgan fingerprint density at radius 1 is 0.735 bits per heavy atom. The van der Waals surface area contributed by atoms with E-state index >= 15 is 0 Å². The zero-order valence-electron chi connectivity index (χ0n) is 23.0. The van der Waals surface area contributed by atoms with Gasteiger partial charge >= 0.3 is 0 Å². The predicted octanol–water partition coefficient (Wildman–Crippen LogP) is 1.95. The van der Waals surface area contributed by atoms with E-state index in [1.54, 1.807) is 0 Å². The van der Waals surface area contributed by atoms with Crippen LogP contribution in [0, 0.1) is 23.2 Å². The molecular weight excluding hydrogens is 432 g/mol. The maximum absolute atomic E-state index is 12.5. The zero-order valence-corrected chi connectivity index (χ0v) is 23.0. The summed E-state index contributed by atoms with van der Waals surface area (Å²) in [6.45, 7) is 20.5. The van der Waals surface area contributed by atoms with Gasteiger partial charge in [-0.1, -0.05) is 48.5 Å². The number of hydrogen-bond acceptors (Lipinski definition) is 6. The average Bonchev–Trinajstić information content (AvgIpc) is 2.76. The van der Waals surface area contributed by atoms with E-state index in [0.29, 0.717) is 69.9 Å². The first-order valence-corrected chi connectivity index (χ1v) is 13.1. The molecule has 2 unspecified atom stereocenters.